The van der Waals surface area contributed by atoms with Crippen LogP contribution in [0.15, 0.2) is 28.8 Å². The van der Waals surface area contributed by atoms with Crippen molar-refractivity contribution in [1.82, 2.24) is 10.5 Å². The van der Waals surface area contributed by atoms with Crippen molar-refractivity contribution in [2.24, 2.45) is 0 Å². The van der Waals surface area contributed by atoms with Crippen molar-refractivity contribution in [2.75, 3.05) is 18.2 Å². The minimum absolute atomic E-state index is 0.145. The molecule has 0 aliphatic carbocycles. The Morgan fingerprint density at radius 3 is 2.63 bits per heavy atom. The maximum Gasteiger partial charge on any atom is 0.238 e. The topological polar surface area (TPSA) is 93.5 Å². The zero-order valence-electron chi connectivity index (χ0n) is 16.2. The van der Waals surface area contributed by atoms with Crippen molar-refractivity contribution < 1.29 is 18.8 Å². The van der Waals surface area contributed by atoms with Crippen LogP contribution in [-0.2, 0) is 9.59 Å². The molecule has 1 aromatic heterocycles. The normalized spacial score (nSPS) is 12.9. The lowest BCUT2D eigenvalue weighted by atomic mass is 10.0. The largest absolute Gasteiger partial charge is 0.496 e. The van der Waals surface area contributed by atoms with E-state index in [1.807, 2.05) is 32.0 Å². The number of aryl methyl sites for hydroxylation is 2. The van der Waals surface area contributed by atoms with Gasteiger partial charge in [-0.05, 0) is 33.8 Å². The van der Waals surface area contributed by atoms with Crippen LogP contribution in [-0.4, -0.2) is 35.1 Å². The van der Waals surface area contributed by atoms with E-state index in [1.54, 1.807) is 27.0 Å². The predicted octanol–water partition coefficient (Wildman–Crippen LogP) is 3.24. The molecule has 0 aliphatic rings. The van der Waals surface area contributed by atoms with Gasteiger partial charge in [0.1, 0.15) is 11.5 Å². The number of ether oxygens (including phenoxy) is 1. The first-order valence-corrected chi connectivity index (χ1v) is 9.64. The van der Waals surface area contributed by atoms with Gasteiger partial charge in [-0.2, -0.15) is 0 Å². The molecule has 2 rings (SSSR count). The molecule has 0 unspecified atom stereocenters. The van der Waals surface area contributed by atoms with Gasteiger partial charge in [-0.15, -0.1) is 11.8 Å². The van der Waals surface area contributed by atoms with Crippen LogP contribution in [0.4, 0.5) is 5.82 Å². The number of rotatable bonds is 8. The highest BCUT2D eigenvalue weighted by atomic mass is 32.2. The van der Waals surface area contributed by atoms with E-state index in [-0.39, 0.29) is 23.6 Å². The summed E-state index contributed by atoms with van der Waals surface area (Å²) < 4.78 is 10.3. The summed E-state index contributed by atoms with van der Waals surface area (Å²) in [5, 5.41) is 8.92. The Labute approximate surface area is 163 Å². The Kier molecular flexibility index (Phi) is 7.29. The molecular formula is C19H25N3O4S. The van der Waals surface area contributed by atoms with Gasteiger partial charge in [-0.3, -0.25) is 9.59 Å². The molecule has 0 fully saturated rings. The quantitative estimate of drug-likeness (QED) is 0.718. The molecule has 27 heavy (non-hydrogen) atoms. The summed E-state index contributed by atoms with van der Waals surface area (Å²) in [5.74, 6) is 1.52. The number of hydrogen-bond acceptors (Lipinski definition) is 6. The SMILES string of the molecule is COc1ccc(C)cc1[C@H](C)NC(=O)CS[C@H](C)C(=O)Nc1cc(C)on1. The molecule has 146 valence electrons. The lowest BCUT2D eigenvalue weighted by Crippen LogP contribution is -2.30. The summed E-state index contributed by atoms with van der Waals surface area (Å²) in [6.07, 6.45) is 0. The monoisotopic (exact) mass is 391 g/mol. The molecule has 2 N–H and O–H groups in total. The maximum absolute atomic E-state index is 12.3. The number of nitrogens with zero attached hydrogens (tertiary/aromatic N) is 1. The van der Waals surface area contributed by atoms with E-state index in [0.717, 1.165) is 16.9 Å². The summed E-state index contributed by atoms with van der Waals surface area (Å²) in [6.45, 7) is 7.38. The Hall–Kier alpha value is -2.48. The van der Waals surface area contributed by atoms with Crippen LogP contribution < -0.4 is 15.4 Å². The van der Waals surface area contributed by atoms with Crippen LogP contribution in [0.2, 0.25) is 0 Å². The second kappa shape index (κ2) is 9.45. The third kappa shape index (κ3) is 6.02. The van der Waals surface area contributed by atoms with Crippen LogP contribution in [0.5, 0.6) is 5.75 Å². The Balaban J connectivity index is 1.84. The minimum Gasteiger partial charge on any atom is -0.496 e. The van der Waals surface area contributed by atoms with Crippen molar-refractivity contribution >= 4 is 29.4 Å². The van der Waals surface area contributed by atoms with Crippen molar-refractivity contribution in [2.45, 2.75) is 39.0 Å². The zero-order valence-corrected chi connectivity index (χ0v) is 17.0. The van der Waals surface area contributed by atoms with E-state index >= 15 is 0 Å². The van der Waals surface area contributed by atoms with Crippen molar-refractivity contribution in [1.29, 1.82) is 0 Å². The second-order valence-electron chi connectivity index (χ2n) is 6.30. The van der Waals surface area contributed by atoms with Gasteiger partial charge in [0.05, 0.1) is 24.2 Å². The summed E-state index contributed by atoms with van der Waals surface area (Å²) in [5.41, 5.74) is 2.01. The molecule has 0 radical (unpaired) electrons. The maximum atomic E-state index is 12.3. The van der Waals surface area contributed by atoms with Crippen LogP contribution in [0.25, 0.3) is 0 Å². The number of methoxy groups -OCH3 is 1. The van der Waals surface area contributed by atoms with Gasteiger partial charge in [-0.1, -0.05) is 22.9 Å². The molecule has 8 heteroatoms. The van der Waals surface area contributed by atoms with Gasteiger partial charge in [0.15, 0.2) is 5.82 Å². The van der Waals surface area contributed by atoms with Gasteiger partial charge >= 0.3 is 0 Å². The molecule has 2 atom stereocenters. The van der Waals surface area contributed by atoms with E-state index in [9.17, 15) is 9.59 Å². The highest BCUT2D eigenvalue weighted by molar-refractivity contribution is 8.01. The number of carbonyl (C=O) groups is 2. The first kappa shape index (κ1) is 20.8. The number of hydrogen-bond donors (Lipinski definition) is 2. The van der Waals surface area contributed by atoms with Crippen LogP contribution >= 0.6 is 11.8 Å². The van der Waals surface area contributed by atoms with Crippen LogP contribution in [0.3, 0.4) is 0 Å². The summed E-state index contributed by atoms with van der Waals surface area (Å²) >= 11 is 1.26. The molecule has 1 heterocycles. The molecule has 0 bridgehead atoms. The van der Waals surface area contributed by atoms with Crippen molar-refractivity contribution in [3.8, 4) is 5.75 Å². The minimum atomic E-state index is -0.406. The predicted molar refractivity (Wildman–Crippen MR) is 106 cm³/mol. The van der Waals surface area contributed by atoms with Gasteiger partial charge < -0.3 is 19.9 Å². The summed E-state index contributed by atoms with van der Waals surface area (Å²) in [4.78, 5) is 24.4. The van der Waals surface area contributed by atoms with Crippen molar-refractivity contribution in [3.63, 3.8) is 0 Å². The molecule has 1 aromatic carbocycles. The van der Waals surface area contributed by atoms with Crippen molar-refractivity contribution in [3.05, 3.63) is 41.2 Å². The van der Waals surface area contributed by atoms with E-state index in [4.69, 9.17) is 9.26 Å². The number of benzene rings is 1. The van der Waals surface area contributed by atoms with E-state index < -0.39 is 5.25 Å². The number of anilines is 1. The van der Waals surface area contributed by atoms with Gasteiger partial charge in [0.2, 0.25) is 11.8 Å². The molecule has 0 aliphatic heterocycles. The number of carbonyl (C=O) groups excluding carboxylic acids is 2. The standard InChI is InChI=1S/C19H25N3O4S/c1-11-6-7-16(25-5)15(8-11)13(3)20-18(23)10-27-14(4)19(24)21-17-9-12(2)26-22-17/h6-9,13-14H,10H2,1-5H3,(H,20,23)(H,21,22,24)/t13-,14+/m0/s1. The molecule has 2 amide bonds. The Bertz CT molecular complexity index is 806. The highest BCUT2D eigenvalue weighted by Crippen LogP contribution is 2.26. The lowest BCUT2D eigenvalue weighted by molar-refractivity contribution is -0.119. The lowest BCUT2D eigenvalue weighted by Gasteiger charge is -2.18. The fourth-order valence-corrected chi connectivity index (χ4v) is 3.18. The van der Waals surface area contributed by atoms with Gasteiger partial charge in [-0.25, -0.2) is 0 Å². The van der Waals surface area contributed by atoms with Crippen LogP contribution in [0, 0.1) is 13.8 Å². The molecule has 0 saturated carbocycles. The molecule has 0 saturated heterocycles. The number of nitrogens with one attached hydrogen (secondary N) is 2. The molecular weight excluding hydrogens is 366 g/mol. The fraction of sp³-hybridized carbons (Fsp3) is 0.421. The van der Waals surface area contributed by atoms with Crippen LogP contribution in [0.1, 0.15) is 36.8 Å². The first-order chi connectivity index (χ1) is 12.8. The molecule has 2 aromatic rings. The van der Waals surface area contributed by atoms with E-state index in [1.165, 1.54) is 11.8 Å². The number of thioether (sulfide) groups is 1. The summed E-state index contributed by atoms with van der Waals surface area (Å²) in [7, 11) is 1.61. The third-order valence-corrected chi connectivity index (χ3v) is 5.09. The Morgan fingerprint density at radius 2 is 2.00 bits per heavy atom. The fourth-order valence-electron chi connectivity index (χ4n) is 2.48. The summed E-state index contributed by atoms with van der Waals surface area (Å²) in [6, 6.07) is 7.28. The average molecular weight is 391 g/mol. The molecule has 7 nitrogen and oxygen atoms in total. The first-order valence-electron chi connectivity index (χ1n) is 8.59. The average Bonchev–Trinajstić information content (AvgIpc) is 3.04. The smallest absolute Gasteiger partial charge is 0.238 e. The third-order valence-electron chi connectivity index (χ3n) is 3.94. The van der Waals surface area contributed by atoms with E-state index in [0.29, 0.717) is 11.6 Å². The highest BCUT2D eigenvalue weighted by Gasteiger charge is 2.19. The zero-order chi connectivity index (χ0) is 20.0. The molecule has 0 spiro atoms. The van der Waals surface area contributed by atoms with E-state index in [2.05, 4.69) is 15.8 Å². The Morgan fingerprint density at radius 1 is 1.26 bits per heavy atom. The second-order valence-corrected chi connectivity index (χ2v) is 7.63. The number of amides is 2. The number of aromatic nitrogens is 1. The van der Waals surface area contributed by atoms with Gasteiger partial charge in [0, 0.05) is 11.6 Å². The van der Waals surface area contributed by atoms with Gasteiger partial charge in [0.25, 0.3) is 0 Å².